The van der Waals surface area contributed by atoms with Crippen LogP contribution in [-0.4, -0.2) is 27.4 Å². The van der Waals surface area contributed by atoms with Crippen molar-refractivity contribution in [3.63, 3.8) is 0 Å². The van der Waals surface area contributed by atoms with Crippen LogP contribution in [0.25, 0.3) is 10.9 Å². The van der Waals surface area contributed by atoms with Gasteiger partial charge >= 0.3 is 0 Å². The van der Waals surface area contributed by atoms with Gasteiger partial charge in [-0.3, -0.25) is 14.2 Å². The van der Waals surface area contributed by atoms with Gasteiger partial charge in [-0.05, 0) is 24.3 Å². The molecule has 1 amide bonds. The number of nitrogens with zero attached hydrogens (tertiary/aromatic N) is 3. The molecular formula is C16H15N3O3. The summed E-state index contributed by atoms with van der Waals surface area (Å²) in [6, 6.07) is 10.6. The summed E-state index contributed by atoms with van der Waals surface area (Å²) in [6.07, 6.45) is 2.97. The zero-order valence-electron chi connectivity index (χ0n) is 12.1. The summed E-state index contributed by atoms with van der Waals surface area (Å²) in [5.41, 5.74) is 0.408. The number of fused-ring (bicyclic) bond motifs is 1. The highest BCUT2D eigenvalue weighted by atomic mass is 16.3. The van der Waals surface area contributed by atoms with Gasteiger partial charge < -0.3 is 9.32 Å². The predicted octanol–water partition coefficient (Wildman–Crippen LogP) is 1.65. The van der Waals surface area contributed by atoms with E-state index in [0.29, 0.717) is 23.2 Å². The van der Waals surface area contributed by atoms with Crippen LogP contribution in [0.15, 0.2) is 58.2 Å². The number of carbonyl (C=O) groups is 1. The van der Waals surface area contributed by atoms with Gasteiger partial charge in [0.2, 0.25) is 5.91 Å². The minimum atomic E-state index is -0.217. The van der Waals surface area contributed by atoms with E-state index in [1.54, 1.807) is 43.6 Å². The van der Waals surface area contributed by atoms with Crippen LogP contribution >= 0.6 is 0 Å². The second-order valence-corrected chi connectivity index (χ2v) is 5.02. The Bertz CT molecular complexity index is 852. The number of aromatic nitrogens is 2. The lowest BCUT2D eigenvalue weighted by Gasteiger charge is -2.16. The van der Waals surface area contributed by atoms with Gasteiger partial charge in [0.05, 0.1) is 30.0 Å². The molecule has 6 heteroatoms. The Morgan fingerprint density at radius 1 is 1.27 bits per heavy atom. The molecule has 0 aliphatic heterocycles. The highest BCUT2D eigenvalue weighted by Gasteiger charge is 2.13. The number of hydrogen-bond donors (Lipinski definition) is 0. The Morgan fingerprint density at radius 2 is 2.09 bits per heavy atom. The molecule has 0 unspecified atom stereocenters. The third-order valence-corrected chi connectivity index (χ3v) is 3.44. The Labute approximate surface area is 126 Å². The van der Waals surface area contributed by atoms with E-state index in [4.69, 9.17) is 4.42 Å². The maximum absolute atomic E-state index is 12.3. The van der Waals surface area contributed by atoms with E-state index in [2.05, 4.69) is 4.98 Å². The Kier molecular flexibility index (Phi) is 3.74. The van der Waals surface area contributed by atoms with Crippen molar-refractivity contribution in [2.75, 3.05) is 7.05 Å². The fraction of sp³-hybridized carbons (Fsp3) is 0.188. The van der Waals surface area contributed by atoms with E-state index in [9.17, 15) is 9.59 Å². The number of benzene rings is 1. The summed E-state index contributed by atoms with van der Waals surface area (Å²) in [5, 5.41) is 0.506. The molecule has 0 saturated heterocycles. The molecular weight excluding hydrogens is 282 g/mol. The van der Waals surface area contributed by atoms with E-state index >= 15 is 0 Å². The van der Waals surface area contributed by atoms with Crippen molar-refractivity contribution in [1.82, 2.24) is 14.5 Å². The maximum atomic E-state index is 12.3. The molecule has 0 aliphatic carbocycles. The quantitative estimate of drug-likeness (QED) is 0.734. The molecule has 3 rings (SSSR count). The summed E-state index contributed by atoms with van der Waals surface area (Å²) < 4.78 is 6.53. The second kappa shape index (κ2) is 5.85. The van der Waals surface area contributed by atoms with Crippen molar-refractivity contribution in [2.45, 2.75) is 13.1 Å². The third kappa shape index (κ3) is 2.76. The average Bonchev–Trinajstić information content (AvgIpc) is 3.03. The minimum Gasteiger partial charge on any atom is -0.467 e. The number of likely N-dealkylation sites (N-methyl/N-ethyl adjacent to an activating group) is 1. The number of para-hydroxylation sites is 1. The van der Waals surface area contributed by atoms with Crippen LogP contribution in [0.3, 0.4) is 0 Å². The van der Waals surface area contributed by atoms with Gasteiger partial charge in [-0.25, -0.2) is 4.98 Å². The van der Waals surface area contributed by atoms with Crippen LogP contribution in [0.4, 0.5) is 0 Å². The van der Waals surface area contributed by atoms with Crippen molar-refractivity contribution in [3.05, 3.63) is 65.1 Å². The molecule has 3 aromatic rings. The van der Waals surface area contributed by atoms with Gasteiger partial charge in [-0.1, -0.05) is 12.1 Å². The van der Waals surface area contributed by atoms with Crippen LogP contribution in [0.2, 0.25) is 0 Å². The lowest BCUT2D eigenvalue weighted by atomic mass is 10.2. The van der Waals surface area contributed by atoms with Gasteiger partial charge in [0.15, 0.2) is 0 Å². The summed E-state index contributed by atoms with van der Waals surface area (Å²) >= 11 is 0. The predicted molar refractivity (Wildman–Crippen MR) is 81.2 cm³/mol. The van der Waals surface area contributed by atoms with Crippen LogP contribution in [0.5, 0.6) is 0 Å². The first-order chi connectivity index (χ1) is 10.6. The highest BCUT2D eigenvalue weighted by molar-refractivity contribution is 5.78. The number of amides is 1. The topological polar surface area (TPSA) is 68.3 Å². The van der Waals surface area contributed by atoms with Crippen LogP contribution in [0.1, 0.15) is 5.76 Å². The van der Waals surface area contributed by atoms with Crippen molar-refractivity contribution in [2.24, 2.45) is 0 Å². The average molecular weight is 297 g/mol. The van der Waals surface area contributed by atoms with Crippen molar-refractivity contribution < 1.29 is 9.21 Å². The normalized spacial score (nSPS) is 10.8. The third-order valence-electron chi connectivity index (χ3n) is 3.44. The van der Waals surface area contributed by atoms with Gasteiger partial charge in [0.1, 0.15) is 12.3 Å². The lowest BCUT2D eigenvalue weighted by molar-refractivity contribution is -0.131. The smallest absolute Gasteiger partial charge is 0.261 e. The van der Waals surface area contributed by atoms with Gasteiger partial charge in [-0.15, -0.1) is 0 Å². The molecule has 2 aromatic heterocycles. The lowest BCUT2D eigenvalue weighted by Crippen LogP contribution is -2.33. The molecule has 1 aromatic carbocycles. The first-order valence-electron chi connectivity index (χ1n) is 6.85. The molecule has 0 N–H and O–H groups in total. The van der Waals surface area contributed by atoms with E-state index in [1.807, 2.05) is 6.07 Å². The molecule has 0 aliphatic rings. The maximum Gasteiger partial charge on any atom is 0.261 e. The minimum absolute atomic E-state index is 0.0477. The van der Waals surface area contributed by atoms with E-state index in [1.165, 1.54) is 15.8 Å². The molecule has 22 heavy (non-hydrogen) atoms. The van der Waals surface area contributed by atoms with E-state index in [-0.39, 0.29) is 18.0 Å². The van der Waals surface area contributed by atoms with Gasteiger partial charge in [-0.2, -0.15) is 0 Å². The van der Waals surface area contributed by atoms with Crippen LogP contribution in [-0.2, 0) is 17.9 Å². The second-order valence-electron chi connectivity index (χ2n) is 5.02. The van der Waals surface area contributed by atoms with Crippen molar-refractivity contribution in [3.8, 4) is 0 Å². The fourth-order valence-corrected chi connectivity index (χ4v) is 2.21. The molecule has 112 valence electrons. The number of carbonyl (C=O) groups excluding carboxylic acids is 1. The molecule has 6 nitrogen and oxygen atoms in total. The molecule has 0 bridgehead atoms. The largest absolute Gasteiger partial charge is 0.467 e. The van der Waals surface area contributed by atoms with E-state index < -0.39 is 0 Å². The summed E-state index contributed by atoms with van der Waals surface area (Å²) in [6.45, 7) is 0.315. The summed E-state index contributed by atoms with van der Waals surface area (Å²) in [7, 11) is 1.67. The Balaban J connectivity index is 1.79. The summed E-state index contributed by atoms with van der Waals surface area (Å²) in [4.78, 5) is 30.3. The zero-order chi connectivity index (χ0) is 15.5. The van der Waals surface area contributed by atoms with E-state index in [0.717, 1.165) is 0 Å². The molecule has 2 heterocycles. The molecule has 0 saturated carbocycles. The Morgan fingerprint density at radius 3 is 2.86 bits per heavy atom. The number of rotatable bonds is 4. The Hall–Kier alpha value is -2.89. The van der Waals surface area contributed by atoms with Crippen molar-refractivity contribution >= 4 is 16.8 Å². The number of furan rings is 1. The first kappa shape index (κ1) is 14.1. The molecule has 0 spiro atoms. The SMILES string of the molecule is CN(Cc1ccco1)C(=O)Cn1cnc2ccccc2c1=O. The highest BCUT2D eigenvalue weighted by Crippen LogP contribution is 2.06. The molecule has 0 atom stereocenters. The summed E-state index contributed by atoms with van der Waals surface area (Å²) in [5.74, 6) is 0.510. The van der Waals surface area contributed by atoms with Crippen molar-refractivity contribution in [1.29, 1.82) is 0 Å². The molecule has 0 fully saturated rings. The van der Waals surface area contributed by atoms with Gasteiger partial charge in [0, 0.05) is 7.05 Å². The first-order valence-corrected chi connectivity index (χ1v) is 6.85. The fourth-order valence-electron chi connectivity index (χ4n) is 2.21. The standard InChI is InChI=1S/C16H15N3O3/c1-18(9-12-5-4-8-22-12)15(20)10-19-11-17-14-7-3-2-6-13(14)16(19)21/h2-8,11H,9-10H2,1H3. The zero-order valence-corrected chi connectivity index (χ0v) is 12.1. The monoisotopic (exact) mass is 297 g/mol. The van der Waals surface area contributed by atoms with Crippen LogP contribution in [0, 0.1) is 0 Å². The molecule has 0 radical (unpaired) electrons. The number of hydrogen-bond acceptors (Lipinski definition) is 4. The van der Waals surface area contributed by atoms with Gasteiger partial charge in [0.25, 0.3) is 5.56 Å². The van der Waals surface area contributed by atoms with Crippen LogP contribution < -0.4 is 5.56 Å².